The van der Waals surface area contributed by atoms with E-state index in [2.05, 4.69) is 5.16 Å². The highest BCUT2D eigenvalue weighted by Crippen LogP contribution is 2.52. The van der Waals surface area contributed by atoms with Gasteiger partial charge in [-0.1, -0.05) is 17.3 Å². The van der Waals surface area contributed by atoms with Crippen molar-refractivity contribution in [3.63, 3.8) is 0 Å². The number of hydrogen-bond acceptors (Lipinski definition) is 6. The van der Waals surface area contributed by atoms with E-state index in [0.29, 0.717) is 38.5 Å². The van der Waals surface area contributed by atoms with Gasteiger partial charge in [-0.25, -0.2) is 0 Å². The summed E-state index contributed by atoms with van der Waals surface area (Å²) in [5, 5.41) is 3.84. The lowest BCUT2D eigenvalue weighted by molar-refractivity contribution is -0.143. The van der Waals surface area contributed by atoms with Crippen LogP contribution in [-0.2, 0) is 25.6 Å². The average Bonchev–Trinajstić information content (AvgIpc) is 3.38. The van der Waals surface area contributed by atoms with Gasteiger partial charge in [0.15, 0.2) is 0 Å². The molecule has 0 unspecified atom stereocenters. The van der Waals surface area contributed by atoms with Crippen molar-refractivity contribution in [2.24, 2.45) is 11.8 Å². The first kappa shape index (κ1) is 17.2. The molecule has 0 aliphatic carbocycles. The fourth-order valence-corrected chi connectivity index (χ4v) is 4.26. The second kappa shape index (κ2) is 6.51. The Hall–Kier alpha value is -2.19. The molecule has 4 heterocycles. The molecule has 2 amide bonds. The summed E-state index contributed by atoms with van der Waals surface area (Å²) in [6.45, 7) is 4.36. The monoisotopic (exact) mass is 361 g/mol. The molecule has 3 aliphatic rings. The van der Waals surface area contributed by atoms with E-state index in [4.69, 9.17) is 14.0 Å². The molecule has 2 bridgehead atoms. The number of fused-ring (bicyclic) bond motifs is 1. The van der Waals surface area contributed by atoms with E-state index in [0.717, 1.165) is 0 Å². The molecule has 1 spiro atoms. The summed E-state index contributed by atoms with van der Waals surface area (Å²) in [6, 6.07) is 1.72. The molecule has 2 saturated heterocycles. The first-order chi connectivity index (χ1) is 12.6. The molecule has 4 atom stereocenters. The van der Waals surface area contributed by atoms with Gasteiger partial charge in [0.05, 0.1) is 37.6 Å². The Kier molecular flexibility index (Phi) is 4.32. The van der Waals surface area contributed by atoms with Crippen molar-refractivity contribution >= 4 is 11.8 Å². The molecule has 1 aromatic rings. The molecule has 8 heteroatoms. The van der Waals surface area contributed by atoms with E-state index in [9.17, 15) is 9.59 Å². The number of likely N-dealkylation sites (tertiary alicyclic amines) is 1. The topological polar surface area (TPSA) is 85.1 Å². The number of nitrogens with zero attached hydrogens (tertiary/aromatic N) is 3. The van der Waals surface area contributed by atoms with E-state index in [1.807, 2.05) is 19.1 Å². The van der Waals surface area contributed by atoms with Crippen molar-refractivity contribution in [3.05, 3.63) is 30.2 Å². The van der Waals surface area contributed by atoms with Gasteiger partial charge >= 0.3 is 0 Å². The predicted molar refractivity (Wildman–Crippen MR) is 89.8 cm³/mol. The number of aromatic nitrogens is 1. The zero-order valence-corrected chi connectivity index (χ0v) is 15.0. The first-order valence-electron chi connectivity index (χ1n) is 8.93. The van der Waals surface area contributed by atoms with E-state index < -0.39 is 17.4 Å². The fourth-order valence-electron chi connectivity index (χ4n) is 4.26. The highest BCUT2D eigenvalue weighted by Gasteiger charge is 2.66. The van der Waals surface area contributed by atoms with Crippen LogP contribution < -0.4 is 0 Å². The van der Waals surface area contributed by atoms with Crippen LogP contribution in [0.1, 0.15) is 12.6 Å². The van der Waals surface area contributed by atoms with Crippen LogP contribution in [0.2, 0.25) is 0 Å². The van der Waals surface area contributed by atoms with E-state index in [-0.39, 0.29) is 17.9 Å². The minimum atomic E-state index is -0.678. The number of rotatable bonds is 7. The van der Waals surface area contributed by atoms with Crippen molar-refractivity contribution in [1.82, 2.24) is 15.0 Å². The Bertz CT molecular complexity index is 718. The lowest BCUT2D eigenvalue weighted by Crippen LogP contribution is -2.44. The molecule has 140 valence electrons. The third kappa shape index (κ3) is 2.64. The maximum atomic E-state index is 13.1. The Morgan fingerprint density at radius 3 is 3.12 bits per heavy atom. The first-order valence-corrected chi connectivity index (χ1v) is 8.93. The van der Waals surface area contributed by atoms with Crippen LogP contribution in [0.25, 0.3) is 0 Å². The van der Waals surface area contributed by atoms with Crippen LogP contribution in [0.3, 0.4) is 0 Å². The Morgan fingerprint density at radius 1 is 1.54 bits per heavy atom. The van der Waals surface area contributed by atoms with Crippen LogP contribution in [0, 0.1) is 11.8 Å². The minimum absolute atomic E-state index is 0.0234. The minimum Gasteiger partial charge on any atom is -0.380 e. The van der Waals surface area contributed by atoms with Crippen LogP contribution >= 0.6 is 0 Å². The van der Waals surface area contributed by atoms with E-state index >= 15 is 0 Å². The molecule has 0 saturated carbocycles. The van der Waals surface area contributed by atoms with E-state index in [1.54, 1.807) is 22.9 Å². The van der Waals surface area contributed by atoms with Crippen molar-refractivity contribution in [2.45, 2.75) is 25.2 Å². The maximum Gasteiger partial charge on any atom is 0.230 e. The molecule has 26 heavy (non-hydrogen) atoms. The standard InChI is InChI=1S/C18H23N3O5/c1-3-24-9-7-21-11-18-6-4-13(26-18)14(15(18)17(21)23)16(22)20(2)10-12-5-8-25-19-12/h4-6,8,13-15H,3,7,9-11H2,1-2H3/t13-,14-,15+,18-/m0/s1. The summed E-state index contributed by atoms with van der Waals surface area (Å²) in [5.74, 6) is -1.09. The summed E-state index contributed by atoms with van der Waals surface area (Å²) < 4.78 is 16.3. The lowest BCUT2D eigenvalue weighted by Gasteiger charge is -2.27. The molecule has 4 rings (SSSR count). The maximum absolute atomic E-state index is 13.1. The summed E-state index contributed by atoms with van der Waals surface area (Å²) in [7, 11) is 1.71. The molecular formula is C18H23N3O5. The molecular weight excluding hydrogens is 338 g/mol. The van der Waals surface area contributed by atoms with Gasteiger partial charge in [-0.15, -0.1) is 0 Å². The van der Waals surface area contributed by atoms with Crippen LogP contribution in [-0.4, -0.2) is 71.8 Å². The number of carbonyl (C=O) groups excluding carboxylic acids is 2. The SMILES string of the molecule is CCOCCN1C[C@]23C=C[C@H](O2)[C@H](C(=O)N(C)Cc2ccon2)[C@@H]3C1=O. The molecule has 2 fully saturated rings. The third-order valence-electron chi connectivity index (χ3n) is 5.44. The normalized spacial score (nSPS) is 31.7. The summed E-state index contributed by atoms with van der Waals surface area (Å²) in [5.41, 5.74) is -0.00509. The van der Waals surface area contributed by atoms with Gasteiger partial charge in [0.2, 0.25) is 11.8 Å². The smallest absolute Gasteiger partial charge is 0.230 e. The second-order valence-corrected chi connectivity index (χ2v) is 7.04. The van der Waals surface area contributed by atoms with Gasteiger partial charge in [0.1, 0.15) is 17.6 Å². The molecule has 0 aromatic carbocycles. The summed E-state index contributed by atoms with van der Waals surface area (Å²) in [4.78, 5) is 29.4. The largest absolute Gasteiger partial charge is 0.380 e. The van der Waals surface area contributed by atoms with Crippen molar-refractivity contribution in [3.8, 4) is 0 Å². The van der Waals surface area contributed by atoms with Crippen molar-refractivity contribution < 1.29 is 23.6 Å². The Morgan fingerprint density at radius 2 is 2.38 bits per heavy atom. The van der Waals surface area contributed by atoms with Gasteiger partial charge in [0, 0.05) is 26.3 Å². The second-order valence-electron chi connectivity index (χ2n) is 7.04. The highest BCUT2D eigenvalue weighted by atomic mass is 16.5. The molecule has 0 radical (unpaired) electrons. The average molecular weight is 361 g/mol. The molecule has 8 nitrogen and oxygen atoms in total. The van der Waals surface area contributed by atoms with Gasteiger partial charge < -0.3 is 23.8 Å². The summed E-state index contributed by atoms with van der Waals surface area (Å²) in [6.07, 6.45) is 5.01. The number of carbonyl (C=O) groups is 2. The third-order valence-corrected chi connectivity index (χ3v) is 5.44. The van der Waals surface area contributed by atoms with Gasteiger partial charge in [0.25, 0.3) is 0 Å². The quantitative estimate of drug-likeness (QED) is 0.518. The van der Waals surface area contributed by atoms with Gasteiger partial charge in [-0.2, -0.15) is 0 Å². The number of ether oxygens (including phenoxy) is 2. The van der Waals surface area contributed by atoms with E-state index in [1.165, 1.54) is 6.26 Å². The lowest BCUT2D eigenvalue weighted by atomic mass is 9.76. The van der Waals surface area contributed by atoms with Gasteiger partial charge in [-0.3, -0.25) is 9.59 Å². The summed E-state index contributed by atoms with van der Waals surface area (Å²) >= 11 is 0. The highest BCUT2D eigenvalue weighted by molar-refractivity contribution is 5.93. The fraction of sp³-hybridized carbons (Fsp3) is 0.611. The molecule has 0 N–H and O–H groups in total. The van der Waals surface area contributed by atoms with Crippen LogP contribution in [0.15, 0.2) is 29.0 Å². The van der Waals surface area contributed by atoms with Crippen LogP contribution in [0.5, 0.6) is 0 Å². The molecule has 3 aliphatic heterocycles. The zero-order valence-electron chi connectivity index (χ0n) is 15.0. The number of hydrogen-bond donors (Lipinski definition) is 0. The Balaban J connectivity index is 1.50. The van der Waals surface area contributed by atoms with Crippen LogP contribution in [0.4, 0.5) is 0 Å². The number of amides is 2. The molecule has 1 aromatic heterocycles. The van der Waals surface area contributed by atoms with Crippen molar-refractivity contribution in [1.29, 1.82) is 0 Å². The Labute approximate surface area is 151 Å². The van der Waals surface area contributed by atoms with Gasteiger partial charge in [-0.05, 0) is 6.92 Å². The zero-order chi connectivity index (χ0) is 18.3. The van der Waals surface area contributed by atoms with Crippen molar-refractivity contribution in [2.75, 3.05) is 33.4 Å². The predicted octanol–water partition coefficient (Wildman–Crippen LogP) is 0.452.